The zero-order chi connectivity index (χ0) is 20.4. The first-order valence-electron chi connectivity index (χ1n) is 9.61. The number of benzene rings is 1. The summed E-state index contributed by atoms with van der Waals surface area (Å²) in [6, 6.07) is 7.19. The summed E-state index contributed by atoms with van der Waals surface area (Å²) in [6.45, 7) is 2.71. The second kappa shape index (κ2) is 7.95. The van der Waals surface area contributed by atoms with Crippen molar-refractivity contribution in [2.24, 2.45) is 0 Å². The van der Waals surface area contributed by atoms with Crippen molar-refractivity contribution >= 4 is 5.91 Å². The van der Waals surface area contributed by atoms with Gasteiger partial charge in [0.25, 0.3) is 5.91 Å². The van der Waals surface area contributed by atoms with E-state index < -0.39 is 0 Å². The number of likely N-dealkylation sites (tertiary alicyclic amines) is 1. The standard InChI is InChI=1S/C22H24N4O3/c1-14-12-23-9-8-16(14)18-13-24-25-21(18)19-5-4-10-26(19)22(27)17-7-6-15(28-2)11-20(17)29-3/h6-9,11-13,19H,4-5,10H2,1-3H3,(H,24,25). The zero-order valence-corrected chi connectivity index (χ0v) is 16.8. The molecule has 1 aliphatic heterocycles. The summed E-state index contributed by atoms with van der Waals surface area (Å²) in [7, 11) is 3.15. The van der Waals surface area contributed by atoms with E-state index in [0.29, 0.717) is 23.6 Å². The van der Waals surface area contributed by atoms with Crippen molar-refractivity contribution in [1.29, 1.82) is 0 Å². The van der Waals surface area contributed by atoms with Gasteiger partial charge in [0, 0.05) is 30.6 Å². The second-order valence-corrected chi connectivity index (χ2v) is 7.11. The molecule has 1 amide bonds. The zero-order valence-electron chi connectivity index (χ0n) is 16.8. The van der Waals surface area contributed by atoms with Crippen LogP contribution < -0.4 is 9.47 Å². The Morgan fingerprint density at radius 3 is 2.79 bits per heavy atom. The van der Waals surface area contributed by atoms with Crippen LogP contribution in [0.2, 0.25) is 0 Å². The highest BCUT2D eigenvalue weighted by molar-refractivity contribution is 5.97. The number of H-pyrrole nitrogens is 1. The number of aromatic nitrogens is 3. The molecule has 1 saturated heterocycles. The minimum atomic E-state index is -0.0700. The van der Waals surface area contributed by atoms with E-state index in [1.54, 1.807) is 38.6 Å². The maximum atomic E-state index is 13.4. The summed E-state index contributed by atoms with van der Waals surface area (Å²) < 4.78 is 10.7. The lowest BCUT2D eigenvalue weighted by Gasteiger charge is -2.26. The fourth-order valence-electron chi connectivity index (χ4n) is 3.98. The van der Waals surface area contributed by atoms with Gasteiger partial charge >= 0.3 is 0 Å². The Hall–Kier alpha value is -3.35. The van der Waals surface area contributed by atoms with Crippen molar-refractivity contribution in [3.05, 3.63) is 59.7 Å². The minimum Gasteiger partial charge on any atom is -0.497 e. The SMILES string of the molecule is COc1ccc(C(=O)N2CCCC2c2[nH]ncc2-c2ccncc2C)c(OC)c1. The lowest BCUT2D eigenvalue weighted by Crippen LogP contribution is -2.31. The van der Waals surface area contributed by atoms with E-state index >= 15 is 0 Å². The van der Waals surface area contributed by atoms with E-state index in [1.807, 2.05) is 30.3 Å². The third kappa shape index (κ3) is 3.44. The molecule has 3 aromatic rings. The number of carbonyl (C=O) groups excluding carboxylic acids is 1. The number of nitrogens with one attached hydrogen (secondary N) is 1. The highest BCUT2D eigenvalue weighted by atomic mass is 16.5. The average Bonchev–Trinajstić information content (AvgIpc) is 3.42. The van der Waals surface area contributed by atoms with Crippen LogP contribution in [-0.4, -0.2) is 46.8 Å². The summed E-state index contributed by atoms with van der Waals surface area (Å²) in [5, 5.41) is 7.42. The van der Waals surface area contributed by atoms with Gasteiger partial charge in [0.15, 0.2) is 0 Å². The monoisotopic (exact) mass is 392 g/mol. The van der Waals surface area contributed by atoms with Crippen molar-refractivity contribution < 1.29 is 14.3 Å². The Morgan fingerprint density at radius 2 is 2.03 bits per heavy atom. The van der Waals surface area contributed by atoms with E-state index in [2.05, 4.69) is 15.2 Å². The van der Waals surface area contributed by atoms with Crippen LogP contribution in [0.3, 0.4) is 0 Å². The van der Waals surface area contributed by atoms with Gasteiger partial charge in [0.05, 0.1) is 37.7 Å². The van der Waals surface area contributed by atoms with E-state index in [1.165, 1.54) is 0 Å². The van der Waals surface area contributed by atoms with Gasteiger partial charge in [0.1, 0.15) is 11.5 Å². The topological polar surface area (TPSA) is 80.3 Å². The Morgan fingerprint density at radius 1 is 1.17 bits per heavy atom. The first kappa shape index (κ1) is 19.0. The first-order chi connectivity index (χ1) is 14.1. The van der Waals surface area contributed by atoms with Crippen LogP contribution in [0.25, 0.3) is 11.1 Å². The molecule has 0 aliphatic carbocycles. The molecule has 1 unspecified atom stereocenters. The van der Waals surface area contributed by atoms with Crippen LogP contribution in [0, 0.1) is 6.92 Å². The second-order valence-electron chi connectivity index (χ2n) is 7.11. The number of ether oxygens (including phenoxy) is 2. The number of aromatic amines is 1. The van der Waals surface area contributed by atoms with Crippen molar-refractivity contribution in [3.8, 4) is 22.6 Å². The Balaban J connectivity index is 1.69. The Kier molecular flexibility index (Phi) is 5.20. The molecule has 4 rings (SSSR count). The van der Waals surface area contributed by atoms with Crippen molar-refractivity contribution in [3.63, 3.8) is 0 Å². The van der Waals surface area contributed by atoms with E-state index in [0.717, 1.165) is 35.2 Å². The molecule has 0 bridgehead atoms. The molecule has 1 atom stereocenters. The number of aryl methyl sites for hydroxylation is 1. The molecular weight excluding hydrogens is 368 g/mol. The summed E-state index contributed by atoms with van der Waals surface area (Å²) >= 11 is 0. The molecule has 150 valence electrons. The largest absolute Gasteiger partial charge is 0.497 e. The van der Waals surface area contributed by atoms with Gasteiger partial charge in [-0.05, 0) is 49.1 Å². The van der Waals surface area contributed by atoms with Gasteiger partial charge in [-0.1, -0.05) is 0 Å². The smallest absolute Gasteiger partial charge is 0.258 e. The number of methoxy groups -OCH3 is 2. The molecule has 0 radical (unpaired) electrons. The van der Waals surface area contributed by atoms with Crippen LogP contribution in [0.15, 0.2) is 42.9 Å². The van der Waals surface area contributed by atoms with E-state index in [-0.39, 0.29) is 11.9 Å². The van der Waals surface area contributed by atoms with Crippen LogP contribution in [-0.2, 0) is 0 Å². The molecule has 0 saturated carbocycles. The molecule has 1 N–H and O–H groups in total. The minimum absolute atomic E-state index is 0.0565. The summed E-state index contributed by atoms with van der Waals surface area (Å²) in [5.74, 6) is 1.11. The summed E-state index contributed by atoms with van der Waals surface area (Å²) in [5.41, 5.74) is 4.64. The maximum Gasteiger partial charge on any atom is 0.258 e. The van der Waals surface area contributed by atoms with Crippen molar-refractivity contribution in [1.82, 2.24) is 20.1 Å². The molecule has 0 spiro atoms. The van der Waals surface area contributed by atoms with Crippen LogP contribution >= 0.6 is 0 Å². The van der Waals surface area contributed by atoms with Gasteiger partial charge in [0.2, 0.25) is 0 Å². The quantitative estimate of drug-likeness (QED) is 0.715. The molecule has 1 aromatic carbocycles. The Labute approximate surface area is 169 Å². The maximum absolute atomic E-state index is 13.4. The third-order valence-electron chi connectivity index (χ3n) is 5.47. The van der Waals surface area contributed by atoms with Crippen molar-refractivity contribution in [2.45, 2.75) is 25.8 Å². The highest BCUT2D eigenvalue weighted by Gasteiger charge is 2.34. The number of amides is 1. The molecule has 2 aromatic heterocycles. The summed E-state index contributed by atoms with van der Waals surface area (Å²) in [6.07, 6.45) is 7.25. The normalized spacial score (nSPS) is 16.1. The van der Waals surface area contributed by atoms with Gasteiger partial charge in [-0.15, -0.1) is 0 Å². The average molecular weight is 392 g/mol. The van der Waals surface area contributed by atoms with E-state index in [9.17, 15) is 4.79 Å². The van der Waals surface area contributed by atoms with Crippen LogP contribution in [0.4, 0.5) is 0 Å². The predicted molar refractivity (Wildman–Crippen MR) is 109 cm³/mol. The fourth-order valence-corrected chi connectivity index (χ4v) is 3.98. The molecule has 7 nitrogen and oxygen atoms in total. The molecular formula is C22H24N4O3. The molecule has 1 fully saturated rings. The number of rotatable bonds is 5. The van der Waals surface area contributed by atoms with Gasteiger partial charge in [-0.3, -0.25) is 14.9 Å². The molecule has 7 heteroatoms. The molecule has 29 heavy (non-hydrogen) atoms. The predicted octanol–water partition coefficient (Wildman–Crippen LogP) is 3.77. The van der Waals surface area contributed by atoms with Crippen LogP contribution in [0.5, 0.6) is 11.5 Å². The highest BCUT2D eigenvalue weighted by Crippen LogP contribution is 2.39. The van der Waals surface area contributed by atoms with Gasteiger partial charge in [-0.25, -0.2) is 0 Å². The van der Waals surface area contributed by atoms with E-state index in [4.69, 9.17) is 9.47 Å². The lowest BCUT2D eigenvalue weighted by molar-refractivity contribution is 0.0730. The Bertz CT molecular complexity index is 1030. The number of pyridine rings is 1. The van der Waals surface area contributed by atoms with Gasteiger partial charge in [-0.2, -0.15) is 5.10 Å². The first-order valence-corrected chi connectivity index (χ1v) is 9.61. The lowest BCUT2D eigenvalue weighted by atomic mass is 9.98. The van der Waals surface area contributed by atoms with Crippen LogP contribution in [0.1, 0.15) is 40.5 Å². The summed E-state index contributed by atoms with van der Waals surface area (Å²) in [4.78, 5) is 19.5. The number of carbonyl (C=O) groups is 1. The third-order valence-corrected chi connectivity index (χ3v) is 5.47. The van der Waals surface area contributed by atoms with Gasteiger partial charge < -0.3 is 14.4 Å². The molecule has 3 heterocycles. The molecule has 1 aliphatic rings. The number of hydrogen-bond acceptors (Lipinski definition) is 5. The number of nitrogens with zero attached hydrogens (tertiary/aromatic N) is 3. The van der Waals surface area contributed by atoms with Crippen molar-refractivity contribution in [2.75, 3.05) is 20.8 Å². The number of hydrogen-bond donors (Lipinski definition) is 1. The fraction of sp³-hybridized carbons (Fsp3) is 0.318.